The minimum absolute atomic E-state index is 0.124. The van der Waals surface area contributed by atoms with Gasteiger partial charge in [0.05, 0.1) is 18.7 Å². The maximum Gasteiger partial charge on any atom is 0.420 e. The van der Waals surface area contributed by atoms with Crippen LogP contribution in [0.25, 0.3) is 22.8 Å². The smallest absolute Gasteiger partial charge is 0.420 e. The zero-order valence-corrected chi connectivity index (χ0v) is 25.3. The topological polar surface area (TPSA) is 104 Å². The van der Waals surface area contributed by atoms with Gasteiger partial charge in [-0.2, -0.15) is 9.97 Å². The molecule has 1 heterocycles. The SMILES string of the molecule is COc1nc(-c2ccc(C(C)C)cc2)nc(-c2cc(CN(C(=O)OC(C)(C)C)C(=O)OC(C)(C)C)ccc2Cl)n1. The molecule has 0 saturated carbocycles. The predicted molar refractivity (Wildman–Crippen MR) is 154 cm³/mol. The van der Waals surface area contributed by atoms with Gasteiger partial charge in [-0.15, -0.1) is 0 Å². The summed E-state index contributed by atoms with van der Waals surface area (Å²) in [6.07, 6.45) is -1.65. The fourth-order valence-corrected chi connectivity index (χ4v) is 3.78. The number of methoxy groups -OCH3 is 1. The lowest BCUT2D eigenvalue weighted by Gasteiger charge is -2.28. The molecule has 10 heteroatoms. The van der Waals surface area contributed by atoms with Crippen molar-refractivity contribution in [1.29, 1.82) is 0 Å². The van der Waals surface area contributed by atoms with Crippen molar-refractivity contribution < 1.29 is 23.8 Å². The third-order valence-electron chi connectivity index (χ3n) is 5.47. The number of hydrogen-bond donors (Lipinski definition) is 0. The Morgan fingerprint density at radius 3 is 1.90 bits per heavy atom. The number of hydrogen-bond acceptors (Lipinski definition) is 8. The molecule has 0 N–H and O–H groups in total. The molecule has 0 fully saturated rings. The number of halogens is 1. The predicted octanol–water partition coefficient (Wildman–Crippen LogP) is 7.66. The standard InChI is InChI=1S/C30H37ClN4O5/c1-18(2)20-11-13-21(14-12-20)24-32-25(34-26(33-24)38-9)22-16-19(10-15-23(22)31)17-35(27(36)39-29(3,4)5)28(37)40-30(6,7)8/h10-16,18H,17H2,1-9H3. The number of rotatable bonds is 6. The highest BCUT2D eigenvalue weighted by molar-refractivity contribution is 6.33. The molecule has 9 nitrogen and oxygen atoms in total. The molecule has 214 valence electrons. The van der Waals surface area contributed by atoms with Crippen LogP contribution in [-0.2, 0) is 16.0 Å². The second-order valence-electron chi connectivity index (χ2n) is 11.6. The van der Waals surface area contributed by atoms with Gasteiger partial charge in [0.2, 0.25) is 0 Å². The zero-order chi connectivity index (χ0) is 29.8. The average molecular weight is 569 g/mol. The van der Waals surface area contributed by atoms with Gasteiger partial charge in [-0.05, 0) is 70.7 Å². The lowest BCUT2D eigenvalue weighted by Crippen LogP contribution is -2.43. The Kier molecular flexibility index (Phi) is 9.40. The third-order valence-corrected chi connectivity index (χ3v) is 5.80. The first-order valence-corrected chi connectivity index (χ1v) is 13.4. The maximum absolute atomic E-state index is 13.0. The second kappa shape index (κ2) is 12.2. The molecular formula is C30H37ClN4O5. The molecule has 40 heavy (non-hydrogen) atoms. The molecule has 3 rings (SSSR count). The highest BCUT2D eigenvalue weighted by atomic mass is 35.5. The van der Waals surface area contributed by atoms with E-state index in [4.69, 9.17) is 25.8 Å². The summed E-state index contributed by atoms with van der Waals surface area (Å²) in [7, 11) is 1.47. The molecule has 2 amide bonds. The Labute approximate surface area is 240 Å². The first-order chi connectivity index (χ1) is 18.6. The molecule has 2 aromatic carbocycles. The van der Waals surface area contributed by atoms with Crippen molar-refractivity contribution in [3.8, 4) is 28.8 Å². The van der Waals surface area contributed by atoms with Crippen molar-refractivity contribution >= 4 is 23.8 Å². The number of aromatic nitrogens is 3. The van der Waals surface area contributed by atoms with Crippen LogP contribution in [0.15, 0.2) is 42.5 Å². The molecule has 0 radical (unpaired) electrons. The Bertz CT molecular complexity index is 1330. The zero-order valence-electron chi connectivity index (χ0n) is 24.5. The van der Waals surface area contributed by atoms with E-state index in [1.54, 1.807) is 59.7 Å². The van der Waals surface area contributed by atoms with E-state index < -0.39 is 23.4 Å². The number of ether oxygens (including phenoxy) is 3. The van der Waals surface area contributed by atoms with Crippen LogP contribution in [0.2, 0.25) is 5.02 Å². The molecular weight excluding hydrogens is 532 g/mol. The van der Waals surface area contributed by atoms with Crippen LogP contribution in [0.5, 0.6) is 6.01 Å². The van der Waals surface area contributed by atoms with Gasteiger partial charge >= 0.3 is 18.2 Å². The van der Waals surface area contributed by atoms with Crippen LogP contribution in [0.1, 0.15) is 72.4 Å². The summed E-state index contributed by atoms with van der Waals surface area (Å²) >= 11 is 6.58. The van der Waals surface area contributed by atoms with Crippen molar-refractivity contribution in [2.24, 2.45) is 0 Å². The van der Waals surface area contributed by atoms with Gasteiger partial charge in [0, 0.05) is 11.1 Å². The fraction of sp³-hybridized carbons (Fsp3) is 0.433. The first-order valence-electron chi connectivity index (χ1n) is 13.0. The van der Waals surface area contributed by atoms with Crippen molar-refractivity contribution in [1.82, 2.24) is 19.9 Å². The number of carbonyl (C=O) groups is 2. The van der Waals surface area contributed by atoms with E-state index in [9.17, 15) is 9.59 Å². The Hall–Kier alpha value is -3.72. The van der Waals surface area contributed by atoms with Crippen LogP contribution >= 0.6 is 11.6 Å². The number of nitrogens with zero attached hydrogens (tertiary/aromatic N) is 4. The highest BCUT2D eigenvalue weighted by Crippen LogP contribution is 2.30. The van der Waals surface area contributed by atoms with E-state index in [0.717, 1.165) is 10.5 Å². The van der Waals surface area contributed by atoms with Gasteiger partial charge in [0.1, 0.15) is 11.2 Å². The van der Waals surface area contributed by atoms with E-state index in [-0.39, 0.29) is 18.4 Å². The summed E-state index contributed by atoms with van der Waals surface area (Å²) < 4.78 is 16.3. The van der Waals surface area contributed by atoms with Crippen LogP contribution in [0.3, 0.4) is 0 Å². The van der Waals surface area contributed by atoms with Gasteiger partial charge < -0.3 is 14.2 Å². The van der Waals surface area contributed by atoms with Crippen molar-refractivity contribution in [3.05, 3.63) is 58.6 Å². The van der Waals surface area contributed by atoms with Gasteiger partial charge in [-0.25, -0.2) is 19.5 Å². The molecule has 0 aliphatic heterocycles. The Morgan fingerprint density at radius 2 is 1.40 bits per heavy atom. The largest absolute Gasteiger partial charge is 0.467 e. The first kappa shape index (κ1) is 30.8. The van der Waals surface area contributed by atoms with E-state index in [2.05, 4.69) is 28.8 Å². The van der Waals surface area contributed by atoms with Gasteiger partial charge in [-0.1, -0.05) is 55.8 Å². The lowest BCUT2D eigenvalue weighted by atomic mass is 10.0. The molecule has 3 aromatic rings. The number of imide groups is 1. The summed E-state index contributed by atoms with van der Waals surface area (Å²) in [4.78, 5) is 40.4. The van der Waals surface area contributed by atoms with Gasteiger partial charge in [0.25, 0.3) is 0 Å². The quantitative estimate of drug-likeness (QED) is 0.298. The Balaban J connectivity index is 2.02. The van der Waals surface area contributed by atoms with Crippen molar-refractivity contribution in [2.75, 3.05) is 7.11 Å². The maximum atomic E-state index is 13.0. The molecule has 1 aromatic heterocycles. The minimum Gasteiger partial charge on any atom is -0.467 e. The molecule has 0 unspecified atom stereocenters. The van der Waals surface area contributed by atoms with Crippen LogP contribution in [0, 0.1) is 0 Å². The second-order valence-corrected chi connectivity index (χ2v) is 12.0. The van der Waals surface area contributed by atoms with Crippen molar-refractivity contribution in [3.63, 3.8) is 0 Å². The summed E-state index contributed by atoms with van der Waals surface area (Å²) in [5.74, 6) is 1.09. The van der Waals surface area contributed by atoms with Gasteiger partial charge in [0.15, 0.2) is 11.6 Å². The van der Waals surface area contributed by atoms with Crippen LogP contribution in [-0.4, -0.2) is 50.4 Å². The fourth-order valence-electron chi connectivity index (χ4n) is 3.58. The molecule has 0 bridgehead atoms. The highest BCUT2D eigenvalue weighted by Gasteiger charge is 2.31. The van der Waals surface area contributed by atoms with E-state index >= 15 is 0 Å². The van der Waals surface area contributed by atoms with Crippen LogP contribution < -0.4 is 4.74 Å². The van der Waals surface area contributed by atoms with E-state index in [0.29, 0.717) is 27.9 Å². The molecule has 0 spiro atoms. The summed E-state index contributed by atoms with van der Waals surface area (Å²) in [6.45, 7) is 14.5. The summed E-state index contributed by atoms with van der Waals surface area (Å²) in [5.41, 5.74) is 1.42. The number of carbonyl (C=O) groups excluding carboxylic acids is 2. The number of benzene rings is 2. The minimum atomic E-state index is -0.827. The summed E-state index contributed by atoms with van der Waals surface area (Å²) in [6, 6.07) is 13.2. The van der Waals surface area contributed by atoms with Crippen LogP contribution in [0.4, 0.5) is 9.59 Å². The molecule has 0 atom stereocenters. The molecule has 0 aliphatic rings. The van der Waals surface area contributed by atoms with E-state index in [1.165, 1.54) is 12.7 Å². The molecule has 0 aliphatic carbocycles. The Morgan fingerprint density at radius 1 is 0.850 bits per heavy atom. The normalized spacial score (nSPS) is 11.8. The molecule has 0 saturated heterocycles. The van der Waals surface area contributed by atoms with E-state index in [1.807, 2.05) is 24.3 Å². The summed E-state index contributed by atoms with van der Waals surface area (Å²) in [5, 5.41) is 0.374. The monoisotopic (exact) mass is 568 g/mol. The average Bonchev–Trinajstić information content (AvgIpc) is 2.85. The van der Waals surface area contributed by atoms with Gasteiger partial charge in [-0.3, -0.25) is 0 Å². The number of amides is 2. The van der Waals surface area contributed by atoms with Crippen molar-refractivity contribution in [2.45, 2.75) is 79.1 Å². The third kappa shape index (κ3) is 8.39. The lowest BCUT2D eigenvalue weighted by molar-refractivity contribution is -0.000250.